The number of piperazine rings is 1. The van der Waals surface area contributed by atoms with Crippen molar-refractivity contribution in [1.82, 2.24) is 14.3 Å². The van der Waals surface area contributed by atoms with Gasteiger partial charge in [0, 0.05) is 62.8 Å². The number of benzene rings is 1. The second-order valence-electron chi connectivity index (χ2n) is 6.12. The van der Waals surface area contributed by atoms with E-state index in [1.807, 2.05) is 12.1 Å². The molecule has 1 aliphatic rings. The number of hydrogen-bond donors (Lipinski definition) is 0. The van der Waals surface area contributed by atoms with Crippen LogP contribution < -0.4 is 19.1 Å². The first-order valence-electron chi connectivity index (χ1n) is 8.77. The minimum atomic E-state index is 0.732. The van der Waals surface area contributed by atoms with E-state index in [1.54, 1.807) is 21.3 Å². The predicted octanol–water partition coefficient (Wildman–Crippen LogP) is 2.45. The van der Waals surface area contributed by atoms with Crippen LogP contribution in [0.25, 0.3) is 0 Å². The Morgan fingerprint density at radius 3 is 2.15 bits per heavy atom. The highest BCUT2D eigenvalue weighted by Gasteiger charge is 2.23. The van der Waals surface area contributed by atoms with Gasteiger partial charge in [-0.05, 0) is 0 Å². The lowest BCUT2D eigenvalue weighted by Crippen LogP contribution is -2.46. The molecule has 142 valence electrons. The zero-order chi connectivity index (χ0) is 18.5. The summed E-state index contributed by atoms with van der Waals surface area (Å²) in [5, 5.41) is 1.03. The molecular formula is C18H26N4O3S. The summed E-state index contributed by atoms with van der Waals surface area (Å²) >= 11 is 1.49. The number of nitrogens with zero attached hydrogens (tertiary/aromatic N) is 4. The van der Waals surface area contributed by atoms with Crippen LogP contribution >= 0.6 is 11.5 Å². The molecule has 2 aromatic rings. The Kier molecular flexibility index (Phi) is 6.16. The lowest BCUT2D eigenvalue weighted by molar-refractivity contribution is 0.241. The number of ether oxygens (including phenoxy) is 3. The molecule has 0 N–H and O–H groups in total. The van der Waals surface area contributed by atoms with Gasteiger partial charge in [0.1, 0.15) is 23.1 Å². The Balaban J connectivity index is 1.67. The van der Waals surface area contributed by atoms with Crippen LogP contribution in [0, 0.1) is 0 Å². The van der Waals surface area contributed by atoms with Crippen molar-refractivity contribution >= 4 is 16.7 Å². The molecule has 1 saturated heterocycles. The molecule has 0 spiro atoms. The standard InChI is InChI=1S/C18H26N4O3S/c1-5-17-19-18(26-20-17)22-8-6-21(7-9-22)12-14-15(24-3)10-13(23-2)11-16(14)25-4/h10-11H,5-9,12H2,1-4H3. The van der Waals surface area contributed by atoms with Gasteiger partial charge >= 0.3 is 0 Å². The number of anilines is 1. The molecule has 8 heteroatoms. The maximum absolute atomic E-state index is 5.56. The minimum Gasteiger partial charge on any atom is -0.496 e. The van der Waals surface area contributed by atoms with Gasteiger partial charge in [0.05, 0.1) is 26.9 Å². The first-order valence-corrected chi connectivity index (χ1v) is 9.54. The maximum atomic E-state index is 5.56. The van der Waals surface area contributed by atoms with Gasteiger partial charge in [-0.3, -0.25) is 4.90 Å². The molecule has 0 unspecified atom stereocenters. The molecule has 1 aromatic carbocycles. The molecule has 1 fully saturated rings. The highest BCUT2D eigenvalue weighted by Crippen LogP contribution is 2.35. The third-order valence-electron chi connectivity index (χ3n) is 4.62. The number of aryl methyl sites for hydroxylation is 1. The van der Waals surface area contributed by atoms with E-state index in [-0.39, 0.29) is 0 Å². The predicted molar refractivity (Wildman–Crippen MR) is 103 cm³/mol. The van der Waals surface area contributed by atoms with Crippen molar-refractivity contribution in [3.05, 3.63) is 23.5 Å². The summed E-state index contributed by atoms with van der Waals surface area (Å²) in [4.78, 5) is 9.32. The highest BCUT2D eigenvalue weighted by molar-refractivity contribution is 7.09. The molecule has 0 radical (unpaired) electrons. The monoisotopic (exact) mass is 378 g/mol. The fourth-order valence-corrected chi connectivity index (χ4v) is 3.87. The summed E-state index contributed by atoms with van der Waals surface area (Å²) in [5.41, 5.74) is 1.05. The lowest BCUT2D eigenvalue weighted by atomic mass is 10.1. The number of aromatic nitrogens is 2. The summed E-state index contributed by atoms with van der Waals surface area (Å²) in [6.45, 7) is 6.66. The quantitative estimate of drug-likeness (QED) is 0.733. The molecule has 1 aromatic heterocycles. The van der Waals surface area contributed by atoms with Crippen molar-refractivity contribution in [2.24, 2.45) is 0 Å². The normalized spacial score (nSPS) is 15.2. The average Bonchev–Trinajstić information content (AvgIpc) is 3.17. The van der Waals surface area contributed by atoms with Crippen molar-refractivity contribution in [2.45, 2.75) is 19.9 Å². The Labute approximate surface area is 158 Å². The third kappa shape index (κ3) is 4.02. The van der Waals surface area contributed by atoms with Gasteiger partial charge in [-0.2, -0.15) is 4.37 Å². The minimum absolute atomic E-state index is 0.732. The van der Waals surface area contributed by atoms with Crippen LogP contribution in [-0.4, -0.2) is 61.8 Å². The van der Waals surface area contributed by atoms with Gasteiger partial charge < -0.3 is 19.1 Å². The van der Waals surface area contributed by atoms with E-state index >= 15 is 0 Å². The molecule has 0 amide bonds. The average molecular weight is 378 g/mol. The van der Waals surface area contributed by atoms with E-state index in [0.717, 1.165) is 72.9 Å². The van der Waals surface area contributed by atoms with Crippen LogP contribution in [0.5, 0.6) is 17.2 Å². The Bertz CT molecular complexity index is 704. The Morgan fingerprint density at radius 2 is 1.65 bits per heavy atom. The van der Waals surface area contributed by atoms with E-state index < -0.39 is 0 Å². The smallest absolute Gasteiger partial charge is 0.205 e. The van der Waals surface area contributed by atoms with Gasteiger partial charge in [0.2, 0.25) is 5.13 Å². The zero-order valence-electron chi connectivity index (χ0n) is 15.8. The molecule has 0 aliphatic carbocycles. The third-order valence-corrected chi connectivity index (χ3v) is 5.43. The van der Waals surface area contributed by atoms with Gasteiger partial charge in [0.25, 0.3) is 0 Å². The van der Waals surface area contributed by atoms with E-state index in [0.29, 0.717) is 0 Å². The number of hydrogen-bond acceptors (Lipinski definition) is 8. The summed E-state index contributed by atoms with van der Waals surface area (Å²) in [6, 6.07) is 3.81. The molecule has 1 aliphatic heterocycles. The van der Waals surface area contributed by atoms with Crippen molar-refractivity contribution < 1.29 is 14.2 Å². The Hall–Kier alpha value is -2.06. The summed E-state index contributed by atoms with van der Waals surface area (Å²) in [6.07, 6.45) is 0.882. The molecule has 26 heavy (non-hydrogen) atoms. The van der Waals surface area contributed by atoms with Gasteiger partial charge in [-0.15, -0.1) is 0 Å². The van der Waals surface area contributed by atoms with Crippen molar-refractivity contribution in [2.75, 3.05) is 52.4 Å². The van der Waals surface area contributed by atoms with Crippen molar-refractivity contribution in [3.63, 3.8) is 0 Å². The highest BCUT2D eigenvalue weighted by atomic mass is 32.1. The van der Waals surface area contributed by atoms with Gasteiger partial charge in [-0.25, -0.2) is 4.98 Å². The van der Waals surface area contributed by atoms with Crippen LogP contribution in [0.2, 0.25) is 0 Å². The molecule has 0 atom stereocenters. The molecule has 2 heterocycles. The molecule has 7 nitrogen and oxygen atoms in total. The van der Waals surface area contributed by atoms with Crippen LogP contribution in [0.1, 0.15) is 18.3 Å². The van der Waals surface area contributed by atoms with Gasteiger partial charge in [-0.1, -0.05) is 6.92 Å². The van der Waals surface area contributed by atoms with Crippen LogP contribution in [0.15, 0.2) is 12.1 Å². The molecular weight excluding hydrogens is 352 g/mol. The molecule has 0 bridgehead atoms. The number of rotatable bonds is 7. The topological polar surface area (TPSA) is 60.0 Å². The zero-order valence-corrected chi connectivity index (χ0v) is 16.6. The second-order valence-corrected chi connectivity index (χ2v) is 6.85. The van der Waals surface area contributed by atoms with Crippen molar-refractivity contribution in [1.29, 1.82) is 0 Å². The first kappa shape index (κ1) is 18.7. The number of methoxy groups -OCH3 is 3. The SMILES string of the molecule is CCc1nsc(N2CCN(Cc3c(OC)cc(OC)cc3OC)CC2)n1. The fourth-order valence-electron chi connectivity index (χ4n) is 3.07. The van der Waals surface area contributed by atoms with E-state index in [1.165, 1.54) is 11.5 Å². The second kappa shape index (κ2) is 8.55. The molecule has 0 saturated carbocycles. The van der Waals surface area contributed by atoms with Crippen LogP contribution in [0.3, 0.4) is 0 Å². The maximum Gasteiger partial charge on any atom is 0.205 e. The first-order chi connectivity index (χ1) is 12.7. The Morgan fingerprint density at radius 1 is 1.00 bits per heavy atom. The summed E-state index contributed by atoms with van der Waals surface area (Å²) in [7, 11) is 5.00. The molecule has 3 rings (SSSR count). The largest absolute Gasteiger partial charge is 0.496 e. The summed E-state index contributed by atoms with van der Waals surface area (Å²) in [5.74, 6) is 3.25. The fraction of sp³-hybridized carbons (Fsp3) is 0.556. The van der Waals surface area contributed by atoms with Gasteiger partial charge in [0.15, 0.2) is 0 Å². The van der Waals surface area contributed by atoms with Crippen LogP contribution in [0.4, 0.5) is 5.13 Å². The van der Waals surface area contributed by atoms with E-state index in [2.05, 4.69) is 26.1 Å². The van der Waals surface area contributed by atoms with Crippen molar-refractivity contribution in [3.8, 4) is 17.2 Å². The van der Waals surface area contributed by atoms with E-state index in [4.69, 9.17) is 14.2 Å². The van der Waals surface area contributed by atoms with E-state index in [9.17, 15) is 0 Å². The summed E-state index contributed by atoms with van der Waals surface area (Å²) < 4.78 is 20.8. The lowest BCUT2D eigenvalue weighted by Gasteiger charge is -2.34. The van der Waals surface area contributed by atoms with Crippen LogP contribution in [-0.2, 0) is 13.0 Å².